The summed E-state index contributed by atoms with van der Waals surface area (Å²) >= 11 is 7.12. The quantitative estimate of drug-likeness (QED) is 0.453. The van der Waals surface area contributed by atoms with E-state index < -0.39 is 5.91 Å². The molecule has 154 valence electrons. The van der Waals surface area contributed by atoms with Crippen LogP contribution in [0.15, 0.2) is 30.5 Å². The maximum absolute atomic E-state index is 13.1. The number of benzene rings is 1. The number of carbonyl (C=O) groups is 1. The van der Waals surface area contributed by atoms with E-state index in [9.17, 15) is 10.1 Å². The van der Waals surface area contributed by atoms with Crippen molar-refractivity contribution in [3.8, 4) is 22.9 Å². The summed E-state index contributed by atoms with van der Waals surface area (Å²) in [5.41, 5.74) is 3.91. The zero-order chi connectivity index (χ0) is 22.1. The Balaban J connectivity index is 1.77. The first-order valence-corrected chi connectivity index (χ1v) is 10.3. The molecule has 0 fully saturated rings. The van der Waals surface area contributed by atoms with Crippen molar-refractivity contribution < 1.29 is 9.53 Å². The number of aromatic nitrogens is 4. The fourth-order valence-electron chi connectivity index (χ4n) is 3.09. The van der Waals surface area contributed by atoms with Crippen molar-refractivity contribution in [2.24, 2.45) is 0 Å². The summed E-state index contributed by atoms with van der Waals surface area (Å²) < 4.78 is 5.46. The molecule has 0 aliphatic heterocycles. The van der Waals surface area contributed by atoms with Crippen LogP contribution in [-0.2, 0) is 0 Å². The molecule has 0 unspecified atom stereocenters. The summed E-state index contributed by atoms with van der Waals surface area (Å²) in [5.74, 6) is 0.141. The van der Waals surface area contributed by atoms with Gasteiger partial charge in [0.1, 0.15) is 11.3 Å². The van der Waals surface area contributed by atoms with Crippen molar-refractivity contribution in [2.45, 2.75) is 13.8 Å². The van der Waals surface area contributed by atoms with Gasteiger partial charge in [0, 0.05) is 23.0 Å². The summed E-state index contributed by atoms with van der Waals surface area (Å²) in [5, 5.41) is 12.6. The minimum absolute atomic E-state index is 0.126. The van der Waals surface area contributed by atoms with Gasteiger partial charge in [0.15, 0.2) is 9.96 Å². The highest BCUT2D eigenvalue weighted by molar-refractivity contribution is 7.22. The third-order valence-corrected chi connectivity index (χ3v) is 5.56. The number of anilines is 1. The molecular formula is C21H15ClN6O2S. The third-order valence-electron chi connectivity index (χ3n) is 4.53. The Morgan fingerprint density at radius 3 is 2.74 bits per heavy atom. The van der Waals surface area contributed by atoms with Gasteiger partial charge in [-0.1, -0.05) is 11.3 Å². The summed E-state index contributed by atoms with van der Waals surface area (Å²) in [6.45, 7) is 3.60. The van der Waals surface area contributed by atoms with Crippen molar-refractivity contribution in [1.29, 1.82) is 5.26 Å². The first kappa shape index (κ1) is 20.7. The molecule has 0 atom stereocenters. The summed E-state index contributed by atoms with van der Waals surface area (Å²) in [6.07, 6.45) is 1.49. The number of ether oxygens (including phenoxy) is 1. The molecular weight excluding hydrogens is 436 g/mol. The average molecular weight is 451 g/mol. The van der Waals surface area contributed by atoms with Crippen molar-refractivity contribution in [3.05, 3.63) is 58.3 Å². The first-order chi connectivity index (χ1) is 14.9. The van der Waals surface area contributed by atoms with Crippen LogP contribution in [0.4, 0.5) is 5.13 Å². The van der Waals surface area contributed by atoms with Gasteiger partial charge in [0.05, 0.1) is 30.0 Å². The van der Waals surface area contributed by atoms with Gasteiger partial charge >= 0.3 is 0 Å². The predicted octanol–water partition coefficient (Wildman–Crippen LogP) is 4.55. The van der Waals surface area contributed by atoms with Crippen LogP contribution in [0.2, 0.25) is 5.28 Å². The number of thiazole rings is 1. The lowest BCUT2D eigenvalue weighted by Crippen LogP contribution is -2.14. The molecule has 10 heteroatoms. The second-order valence-electron chi connectivity index (χ2n) is 6.60. The largest absolute Gasteiger partial charge is 0.496 e. The van der Waals surface area contributed by atoms with Crippen molar-refractivity contribution >= 4 is 44.3 Å². The Bertz CT molecular complexity index is 1380. The van der Waals surface area contributed by atoms with Gasteiger partial charge in [-0.25, -0.2) is 15.0 Å². The number of pyridine rings is 1. The Morgan fingerprint density at radius 1 is 1.19 bits per heavy atom. The Kier molecular flexibility index (Phi) is 5.50. The van der Waals surface area contributed by atoms with E-state index in [1.165, 1.54) is 24.6 Å². The van der Waals surface area contributed by atoms with E-state index >= 15 is 0 Å². The Labute approximate surface area is 186 Å². The smallest absolute Gasteiger partial charge is 0.259 e. The van der Waals surface area contributed by atoms with Crippen LogP contribution < -0.4 is 10.1 Å². The van der Waals surface area contributed by atoms with Crippen molar-refractivity contribution in [2.75, 3.05) is 12.4 Å². The van der Waals surface area contributed by atoms with Crippen LogP contribution in [0.3, 0.4) is 0 Å². The molecule has 0 spiro atoms. The van der Waals surface area contributed by atoms with E-state index in [2.05, 4.69) is 31.3 Å². The van der Waals surface area contributed by atoms with E-state index in [4.69, 9.17) is 16.3 Å². The number of nitrogens with zero attached hydrogens (tertiary/aromatic N) is 5. The van der Waals surface area contributed by atoms with Crippen LogP contribution in [0.25, 0.3) is 21.5 Å². The highest BCUT2D eigenvalue weighted by atomic mass is 35.5. The molecule has 1 aromatic carbocycles. The number of rotatable bonds is 4. The van der Waals surface area contributed by atoms with E-state index in [0.717, 1.165) is 5.69 Å². The number of amides is 1. The molecule has 1 amide bonds. The lowest BCUT2D eigenvalue weighted by Gasteiger charge is -2.13. The molecule has 4 rings (SSSR count). The molecule has 1 N–H and O–H groups in total. The Morgan fingerprint density at radius 2 is 2.00 bits per heavy atom. The minimum atomic E-state index is -0.400. The van der Waals surface area contributed by atoms with Gasteiger partial charge in [-0.15, -0.1) is 0 Å². The fraction of sp³-hybridized carbons (Fsp3) is 0.143. The van der Waals surface area contributed by atoms with Gasteiger partial charge in [0.25, 0.3) is 5.91 Å². The van der Waals surface area contributed by atoms with Gasteiger partial charge in [-0.05, 0) is 49.7 Å². The highest BCUT2D eigenvalue weighted by Gasteiger charge is 2.20. The number of nitriles is 1. The predicted molar refractivity (Wildman–Crippen MR) is 119 cm³/mol. The van der Waals surface area contributed by atoms with Crippen LogP contribution >= 0.6 is 22.9 Å². The van der Waals surface area contributed by atoms with Gasteiger partial charge in [0.2, 0.25) is 5.28 Å². The number of carbonyl (C=O) groups excluding carboxylic acids is 1. The molecule has 0 radical (unpaired) electrons. The number of hydrogen-bond acceptors (Lipinski definition) is 8. The monoisotopic (exact) mass is 450 g/mol. The zero-order valence-electron chi connectivity index (χ0n) is 16.7. The fourth-order valence-corrected chi connectivity index (χ4v) is 4.24. The number of hydrogen-bond donors (Lipinski definition) is 1. The highest BCUT2D eigenvalue weighted by Crippen LogP contribution is 2.34. The molecule has 0 aliphatic carbocycles. The molecule has 0 saturated heterocycles. The van der Waals surface area contributed by atoms with Crippen LogP contribution in [0.1, 0.15) is 27.3 Å². The second kappa shape index (κ2) is 8.26. The maximum atomic E-state index is 13.1. The van der Waals surface area contributed by atoms with E-state index in [0.29, 0.717) is 49.2 Å². The topological polar surface area (TPSA) is 114 Å². The standard InChI is InChI=1S/C21H15ClN6O2S/c1-10-6-13(14-7-12(8-23)4-5-16(14)30-3)15(9-24-10)18(29)27-21-26-17-11(2)25-20(22)28-19(17)31-21/h4-7,9H,1-3H3,(H,26,27,29). The van der Waals surface area contributed by atoms with Crippen molar-refractivity contribution in [3.63, 3.8) is 0 Å². The van der Waals surface area contributed by atoms with Gasteiger partial charge in [-0.2, -0.15) is 5.26 Å². The molecule has 3 heterocycles. The van der Waals surface area contributed by atoms with Crippen LogP contribution in [0.5, 0.6) is 5.75 Å². The molecule has 0 bridgehead atoms. The van der Waals surface area contributed by atoms with Crippen LogP contribution in [-0.4, -0.2) is 33.0 Å². The molecule has 31 heavy (non-hydrogen) atoms. The normalized spacial score (nSPS) is 10.7. The molecule has 0 aliphatic rings. The maximum Gasteiger partial charge on any atom is 0.259 e. The number of fused-ring (bicyclic) bond motifs is 1. The number of halogens is 1. The lowest BCUT2D eigenvalue weighted by atomic mass is 9.97. The minimum Gasteiger partial charge on any atom is -0.496 e. The average Bonchev–Trinajstić information content (AvgIpc) is 3.15. The zero-order valence-corrected chi connectivity index (χ0v) is 18.3. The first-order valence-electron chi connectivity index (χ1n) is 9.06. The number of nitrogens with one attached hydrogen (secondary N) is 1. The molecule has 8 nitrogen and oxygen atoms in total. The van der Waals surface area contributed by atoms with Gasteiger partial charge in [-0.3, -0.25) is 15.1 Å². The van der Waals surface area contributed by atoms with E-state index in [-0.39, 0.29) is 5.28 Å². The second-order valence-corrected chi connectivity index (χ2v) is 7.92. The third kappa shape index (κ3) is 4.03. The van der Waals surface area contributed by atoms with E-state index in [1.807, 2.05) is 6.92 Å². The summed E-state index contributed by atoms with van der Waals surface area (Å²) in [4.78, 5) is 30.7. The van der Waals surface area contributed by atoms with E-state index in [1.54, 1.807) is 31.2 Å². The van der Waals surface area contributed by atoms with Gasteiger partial charge < -0.3 is 4.74 Å². The Hall–Kier alpha value is -3.61. The SMILES string of the molecule is COc1ccc(C#N)cc1-c1cc(C)ncc1C(=O)Nc1nc2c(C)nc(Cl)nc2s1. The number of aryl methyl sites for hydroxylation is 2. The van der Waals surface area contributed by atoms with Crippen LogP contribution in [0, 0.1) is 25.2 Å². The summed E-state index contributed by atoms with van der Waals surface area (Å²) in [7, 11) is 1.54. The molecule has 4 aromatic rings. The summed E-state index contributed by atoms with van der Waals surface area (Å²) in [6, 6.07) is 8.93. The molecule has 3 aromatic heterocycles. The lowest BCUT2D eigenvalue weighted by molar-refractivity contribution is 0.102. The number of methoxy groups -OCH3 is 1. The molecule has 0 saturated carbocycles. The van der Waals surface area contributed by atoms with Crippen molar-refractivity contribution in [1.82, 2.24) is 19.9 Å².